The molecule has 0 aromatic heterocycles. The number of nitrogens with zero attached hydrogens (tertiary/aromatic N) is 2. The fourth-order valence-electron chi connectivity index (χ4n) is 3.82. The summed E-state index contributed by atoms with van der Waals surface area (Å²) in [5.74, 6) is -0.772. The smallest absolute Gasteiger partial charge is 0.308 e. The van der Waals surface area contributed by atoms with E-state index in [0.717, 1.165) is 13.0 Å². The van der Waals surface area contributed by atoms with E-state index in [2.05, 4.69) is 23.6 Å². The summed E-state index contributed by atoms with van der Waals surface area (Å²) < 4.78 is 0. The lowest BCUT2D eigenvalue weighted by Gasteiger charge is -2.31. The molecule has 0 bridgehead atoms. The molecule has 3 unspecified atom stereocenters. The van der Waals surface area contributed by atoms with Gasteiger partial charge in [0.1, 0.15) is 0 Å². The van der Waals surface area contributed by atoms with Crippen molar-refractivity contribution in [3.8, 4) is 0 Å². The van der Waals surface area contributed by atoms with Crippen molar-refractivity contribution < 1.29 is 9.90 Å². The van der Waals surface area contributed by atoms with Gasteiger partial charge in [-0.3, -0.25) is 9.69 Å². The second-order valence-corrected chi connectivity index (χ2v) is 6.14. The molecule has 0 amide bonds. The minimum Gasteiger partial charge on any atom is -0.481 e. The first-order valence-electron chi connectivity index (χ1n) is 7.84. The molecular weight excluding hydrogens is 240 g/mol. The van der Waals surface area contributed by atoms with Crippen LogP contribution in [0.4, 0.5) is 0 Å². The predicted octanol–water partition coefficient (Wildman–Crippen LogP) is 2.05. The largest absolute Gasteiger partial charge is 0.481 e. The van der Waals surface area contributed by atoms with Crippen molar-refractivity contribution in [2.75, 3.05) is 26.2 Å². The predicted molar refractivity (Wildman–Crippen MR) is 76.3 cm³/mol. The van der Waals surface area contributed by atoms with E-state index in [9.17, 15) is 9.90 Å². The summed E-state index contributed by atoms with van der Waals surface area (Å²) in [5, 5.41) is 9.23. The number of rotatable bonds is 4. The molecule has 0 spiro atoms. The Hall–Kier alpha value is -0.610. The highest BCUT2D eigenvalue weighted by atomic mass is 16.4. The number of aliphatic carboxylic acids is 1. The van der Waals surface area contributed by atoms with Crippen LogP contribution < -0.4 is 0 Å². The van der Waals surface area contributed by atoms with E-state index in [1.54, 1.807) is 0 Å². The first-order valence-corrected chi connectivity index (χ1v) is 7.84. The molecule has 1 N–H and O–H groups in total. The number of carbonyl (C=O) groups is 1. The maximum atomic E-state index is 11.2. The summed E-state index contributed by atoms with van der Waals surface area (Å²) in [6.45, 7) is 8.91. The number of carboxylic acids is 1. The molecule has 0 aromatic carbocycles. The van der Waals surface area contributed by atoms with Crippen LogP contribution in [-0.4, -0.2) is 59.1 Å². The van der Waals surface area contributed by atoms with E-state index < -0.39 is 5.97 Å². The van der Waals surface area contributed by atoms with Crippen LogP contribution in [0.15, 0.2) is 0 Å². The third kappa shape index (κ3) is 3.48. The second-order valence-electron chi connectivity index (χ2n) is 6.14. The maximum absolute atomic E-state index is 11.2. The van der Waals surface area contributed by atoms with E-state index in [-0.39, 0.29) is 12.0 Å². The van der Waals surface area contributed by atoms with Crippen LogP contribution >= 0.6 is 0 Å². The molecule has 0 aliphatic carbocycles. The van der Waals surface area contributed by atoms with Gasteiger partial charge in [-0.2, -0.15) is 0 Å². The molecule has 0 saturated carbocycles. The average Bonchev–Trinajstić information content (AvgIpc) is 2.60. The molecule has 3 atom stereocenters. The summed E-state index contributed by atoms with van der Waals surface area (Å²) in [7, 11) is 0. The van der Waals surface area contributed by atoms with E-state index in [1.165, 1.54) is 45.3 Å². The van der Waals surface area contributed by atoms with Crippen LogP contribution in [0.1, 0.15) is 46.0 Å². The number of hydrogen-bond acceptors (Lipinski definition) is 3. The van der Waals surface area contributed by atoms with Crippen molar-refractivity contribution >= 4 is 5.97 Å². The van der Waals surface area contributed by atoms with Gasteiger partial charge < -0.3 is 10.0 Å². The van der Waals surface area contributed by atoms with Crippen LogP contribution in [-0.2, 0) is 4.79 Å². The summed E-state index contributed by atoms with van der Waals surface area (Å²) in [4.78, 5) is 16.2. The zero-order chi connectivity index (χ0) is 13.8. The van der Waals surface area contributed by atoms with Crippen molar-refractivity contribution in [3.05, 3.63) is 0 Å². The van der Waals surface area contributed by atoms with E-state index in [1.807, 2.05) is 0 Å². The molecular formula is C15H28N2O2. The lowest BCUT2D eigenvalue weighted by atomic mass is 10.0. The Morgan fingerprint density at radius 1 is 1.21 bits per heavy atom. The molecule has 0 radical (unpaired) electrons. The quantitative estimate of drug-likeness (QED) is 0.847. The molecule has 110 valence electrons. The summed E-state index contributed by atoms with van der Waals surface area (Å²) in [6.07, 6.45) is 5.75. The van der Waals surface area contributed by atoms with Gasteiger partial charge in [-0.25, -0.2) is 0 Å². The number of hydrogen-bond donors (Lipinski definition) is 1. The van der Waals surface area contributed by atoms with Crippen molar-refractivity contribution in [2.24, 2.45) is 5.92 Å². The van der Waals surface area contributed by atoms with Gasteiger partial charge in [0.25, 0.3) is 0 Å². The highest BCUT2D eigenvalue weighted by molar-refractivity contribution is 5.71. The van der Waals surface area contributed by atoms with E-state index in [4.69, 9.17) is 0 Å². The Morgan fingerprint density at radius 3 is 2.63 bits per heavy atom. The molecule has 2 fully saturated rings. The van der Waals surface area contributed by atoms with Crippen LogP contribution in [0.25, 0.3) is 0 Å². The maximum Gasteiger partial charge on any atom is 0.308 e. The second kappa shape index (κ2) is 6.71. The Morgan fingerprint density at radius 2 is 2.00 bits per heavy atom. The highest BCUT2D eigenvalue weighted by Gasteiger charge is 2.39. The summed E-state index contributed by atoms with van der Waals surface area (Å²) in [5.41, 5.74) is 0. The molecule has 2 rings (SSSR count). The minimum atomic E-state index is -0.615. The molecule has 0 aromatic rings. The fraction of sp³-hybridized carbons (Fsp3) is 0.933. The van der Waals surface area contributed by atoms with E-state index >= 15 is 0 Å². The zero-order valence-corrected chi connectivity index (χ0v) is 12.3. The van der Waals surface area contributed by atoms with Crippen molar-refractivity contribution in [1.29, 1.82) is 0 Å². The van der Waals surface area contributed by atoms with Gasteiger partial charge in [0, 0.05) is 12.1 Å². The van der Waals surface area contributed by atoms with Gasteiger partial charge in [-0.05, 0) is 65.2 Å². The van der Waals surface area contributed by atoms with Crippen molar-refractivity contribution in [2.45, 2.75) is 58.0 Å². The normalized spacial score (nSPS) is 34.3. The number of likely N-dealkylation sites (tertiary alicyclic amines) is 2. The van der Waals surface area contributed by atoms with Gasteiger partial charge in [0.2, 0.25) is 0 Å². The minimum absolute atomic E-state index is 0.157. The van der Waals surface area contributed by atoms with Gasteiger partial charge in [-0.1, -0.05) is 6.92 Å². The SMILES string of the molecule is CCCN1CCCC(N2CCC(C(=O)O)C2C)CC1. The third-order valence-corrected chi connectivity index (χ3v) is 4.92. The van der Waals surface area contributed by atoms with E-state index in [0.29, 0.717) is 6.04 Å². The molecule has 19 heavy (non-hydrogen) atoms. The first-order chi connectivity index (χ1) is 9.13. The molecule has 4 nitrogen and oxygen atoms in total. The monoisotopic (exact) mass is 268 g/mol. The Kier molecular flexibility index (Phi) is 5.22. The average molecular weight is 268 g/mol. The van der Waals surface area contributed by atoms with Gasteiger partial charge in [-0.15, -0.1) is 0 Å². The summed E-state index contributed by atoms with van der Waals surface area (Å²) >= 11 is 0. The molecule has 2 saturated heterocycles. The third-order valence-electron chi connectivity index (χ3n) is 4.92. The topological polar surface area (TPSA) is 43.8 Å². The summed E-state index contributed by atoms with van der Waals surface area (Å²) in [6, 6.07) is 0.807. The van der Waals surface area contributed by atoms with Crippen LogP contribution in [0.3, 0.4) is 0 Å². The standard InChI is InChI=1S/C15H28N2O2/c1-3-8-16-9-4-5-13(6-10-16)17-11-7-14(12(17)2)15(18)19/h12-14H,3-11H2,1-2H3,(H,18,19). The molecule has 2 heterocycles. The highest BCUT2D eigenvalue weighted by Crippen LogP contribution is 2.30. The Balaban J connectivity index is 1.90. The Labute approximate surface area is 116 Å². The zero-order valence-electron chi connectivity index (χ0n) is 12.3. The van der Waals surface area contributed by atoms with Gasteiger partial charge in [0.05, 0.1) is 5.92 Å². The van der Waals surface area contributed by atoms with Gasteiger partial charge >= 0.3 is 5.97 Å². The fourth-order valence-corrected chi connectivity index (χ4v) is 3.82. The first kappa shape index (κ1) is 14.8. The van der Waals surface area contributed by atoms with Crippen LogP contribution in [0.2, 0.25) is 0 Å². The lowest BCUT2D eigenvalue weighted by Crippen LogP contribution is -2.41. The molecule has 2 aliphatic heterocycles. The van der Waals surface area contributed by atoms with Crippen molar-refractivity contribution in [1.82, 2.24) is 9.80 Å². The number of carboxylic acid groups (broad SMARTS) is 1. The molecule has 4 heteroatoms. The van der Waals surface area contributed by atoms with Crippen LogP contribution in [0, 0.1) is 5.92 Å². The Bertz CT molecular complexity index is 309. The lowest BCUT2D eigenvalue weighted by molar-refractivity contribution is -0.142. The van der Waals surface area contributed by atoms with Crippen molar-refractivity contribution in [3.63, 3.8) is 0 Å². The molecule has 2 aliphatic rings. The van der Waals surface area contributed by atoms with Gasteiger partial charge in [0.15, 0.2) is 0 Å². The van der Waals surface area contributed by atoms with Crippen LogP contribution in [0.5, 0.6) is 0 Å².